The molecule has 0 bridgehead atoms. The first-order chi connectivity index (χ1) is 25.0. The summed E-state index contributed by atoms with van der Waals surface area (Å²) in [6, 6.07) is 4.08. The number of rotatable bonds is 21. The fourth-order valence-electron chi connectivity index (χ4n) is 7.62. The van der Waals surface area contributed by atoms with Crippen LogP contribution in [0.1, 0.15) is 72.8 Å². The van der Waals surface area contributed by atoms with Gasteiger partial charge < -0.3 is 29.9 Å². The SMILES string of the molecule is CC[C@H](C)[C@@H]([C@@H](CC(=O)N1CCC[C@H]1[C@H](OC)[C@@H](C)C(=O)NCCc1ccccc1Cl)OC)N(C)C(=O)[C@H](NC(=O)[C@H](C(C)C)N(C)C)[C@H](C)N=[N+]=[N-]. The second-order valence-corrected chi connectivity index (χ2v) is 15.2. The van der Waals surface area contributed by atoms with Gasteiger partial charge in [0.05, 0.1) is 48.7 Å². The minimum absolute atomic E-state index is 0.0204. The molecule has 1 fully saturated rings. The smallest absolute Gasteiger partial charge is 0.245 e. The Balaban J connectivity index is 2.27. The summed E-state index contributed by atoms with van der Waals surface area (Å²) in [5, 5.41) is 10.3. The average Bonchev–Trinajstić information content (AvgIpc) is 3.60. The highest BCUT2D eigenvalue weighted by Gasteiger charge is 2.43. The van der Waals surface area contributed by atoms with Gasteiger partial charge in [-0.15, -0.1) is 0 Å². The molecule has 0 spiro atoms. The number of carbonyl (C=O) groups is 4. The van der Waals surface area contributed by atoms with Gasteiger partial charge in [0.2, 0.25) is 23.6 Å². The van der Waals surface area contributed by atoms with E-state index in [1.54, 1.807) is 45.0 Å². The number of nitrogens with zero attached hydrogens (tertiary/aromatic N) is 6. The third kappa shape index (κ3) is 12.3. The van der Waals surface area contributed by atoms with E-state index in [1.807, 2.05) is 58.9 Å². The molecule has 0 unspecified atom stereocenters. The lowest BCUT2D eigenvalue weighted by molar-refractivity contribution is -0.147. The summed E-state index contributed by atoms with van der Waals surface area (Å²) >= 11 is 6.29. The molecule has 298 valence electrons. The highest BCUT2D eigenvalue weighted by atomic mass is 35.5. The molecule has 1 saturated heterocycles. The molecule has 0 radical (unpaired) electrons. The molecule has 1 heterocycles. The van der Waals surface area contributed by atoms with Gasteiger partial charge in [-0.25, -0.2) is 0 Å². The largest absolute Gasteiger partial charge is 0.379 e. The molecule has 0 saturated carbocycles. The Morgan fingerprint density at radius 3 is 2.26 bits per heavy atom. The number of carbonyl (C=O) groups excluding carboxylic acids is 4. The van der Waals surface area contributed by atoms with Crippen molar-refractivity contribution in [1.29, 1.82) is 0 Å². The van der Waals surface area contributed by atoms with Crippen molar-refractivity contribution >= 4 is 35.2 Å². The Morgan fingerprint density at radius 1 is 1.06 bits per heavy atom. The molecule has 1 aliphatic heterocycles. The van der Waals surface area contributed by atoms with Crippen LogP contribution in [0.4, 0.5) is 0 Å². The monoisotopic (exact) mass is 762 g/mol. The molecule has 53 heavy (non-hydrogen) atoms. The summed E-state index contributed by atoms with van der Waals surface area (Å²) in [5.41, 5.74) is 10.2. The number of likely N-dealkylation sites (tertiary alicyclic amines) is 1. The lowest BCUT2D eigenvalue weighted by Crippen LogP contribution is -2.60. The van der Waals surface area contributed by atoms with Crippen LogP contribution in [0.15, 0.2) is 29.4 Å². The van der Waals surface area contributed by atoms with Gasteiger partial charge in [0.15, 0.2) is 0 Å². The predicted molar refractivity (Wildman–Crippen MR) is 207 cm³/mol. The van der Waals surface area contributed by atoms with Crippen LogP contribution in [0.3, 0.4) is 0 Å². The van der Waals surface area contributed by atoms with E-state index in [9.17, 15) is 24.7 Å². The summed E-state index contributed by atoms with van der Waals surface area (Å²) in [5.74, 6) is -1.83. The number of nitrogens with one attached hydrogen (secondary N) is 2. The first kappa shape index (κ1) is 45.7. The first-order valence-corrected chi connectivity index (χ1v) is 19.1. The molecular weight excluding hydrogens is 700 g/mol. The highest BCUT2D eigenvalue weighted by Crippen LogP contribution is 2.29. The number of benzene rings is 1. The topological polar surface area (TPSA) is 169 Å². The van der Waals surface area contributed by atoms with Gasteiger partial charge in [0, 0.05) is 44.3 Å². The maximum Gasteiger partial charge on any atom is 0.245 e. The molecule has 14 nitrogen and oxygen atoms in total. The van der Waals surface area contributed by atoms with E-state index in [0.717, 1.165) is 12.0 Å². The third-order valence-electron chi connectivity index (χ3n) is 10.6. The van der Waals surface area contributed by atoms with Gasteiger partial charge in [-0.1, -0.05) is 82.9 Å². The minimum Gasteiger partial charge on any atom is -0.379 e. The molecule has 1 aromatic carbocycles. The van der Waals surface area contributed by atoms with E-state index in [4.69, 9.17) is 21.1 Å². The van der Waals surface area contributed by atoms with Gasteiger partial charge in [-0.2, -0.15) is 0 Å². The van der Waals surface area contributed by atoms with Crippen LogP contribution in [-0.4, -0.2) is 129 Å². The number of ether oxygens (including phenoxy) is 2. The van der Waals surface area contributed by atoms with Gasteiger partial charge >= 0.3 is 0 Å². The van der Waals surface area contributed by atoms with Crippen molar-refractivity contribution in [3.63, 3.8) is 0 Å². The normalized spacial score (nSPS) is 19.0. The molecule has 9 atom stereocenters. The standard InChI is InChI=1S/C38H63ClN8O6/c1-12-24(4)34(46(9)38(51)32(26(6)43-44-40)42-37(50)33(23(2)3)45(7)8)30(52-10)22-31(48)47-21-15-18-29(47)35(53-11)25(5)36(49)41-20-19-27-16-13-14-17-28(27)39/h13-14,16-17,23-26,29-30,32-35H,12,15,18-22H2,1-11H3,(H,41,49)(H,42,50)/t24-,25+,26-,29-,30+,32+,33-,34-,35+/m0/s1. The minimum atomic E-state index is -1.15. The Bertz CT molecular complexity index is 1400. The molecule has 2 rings (SSSR count). The molecule has 0 aromatic heterocycles. The van der Waals surface area contributed by atoms with Crippen molar-refractivity contribution in [3.8, 4) is 0 Å². The summed E-state index contributed by atoms with van der Waals surface area (Å²) < 4.78 is 11.9. The van der Waals surface area contributed by atoms with Crippen molar-refractivity contribution in [3.05, 3.63) is 45.3 Å². The highest BCUT2D eigenvalue weighted by molar-refractivity contribution is 6.31. The van der Waals surface area contributed by atoms with Crippen LogP contribution in [0.5, 0.6) is 0 Å². The Hall–Kier alpha value is -3.42. The second-order valence-electron chi connectivity index (χ2n) is 14.8. The molecular formula is C38H63ClN8O6. The molecule has 4 amide bonds. The molecule has 0 aliphatic carbocycles. The fourth-order valence-corrected chi connectivity index (χ4v) is 7.85. The van der Waals surface area contributed by atoms with E-state index >= 15 is 0 Å². The molecule has 1 aliphatic rings. The number of halogens is 1. The summed E-state index contributed by atoms with van der Waals surface area (Å²) in [7, 11) is 8.30. The average molecular weight is 763 g/mol. The number of likely N-dealkylation sites (N-methyl/N-ethyl adjacent to an activating group) is 2. The van der Waals surface area contributed by atoms with Gasteiger partial charge in [-0.05, 0) is 62.4 Å². The van der Waals surface area contributed by atoms with Crippen molar-refractivity contribution in [2.45, 2.75) is 116 Å². The number of hydrogen-bond acceptors (Lipinski definition) is 8. The van der Waals surface area contributed by atoms with Gasteiger partial charge in [0.25, 0.3) is 0 Å². The fraction of sp³-hybridized carbons (Fsp3) is 0.737. The molecule has 15 heteroatoms. The zero-order chi connectivity index (χ0) is 40.0. The lowest BCUT2D eigenvalue weighted by Gasteiger charge is -2.41. The van der Waals surface area contributed by atoms with E-state index in [0.29, 0.717) is 37.4 Å². The van der Waals surface area contributed by atoms with Crippen LogP contribution in [0.25, 0.3) is 10.4 Å². The third-order valence-corrected chi connectivity index (χ3v) is 11.0. The van der Waals surface area contributed by atoms with Crippen molar-refractivity contribution in [1.82, 2.24) is 25.3 Å². The Morgan fingerprint density at radius 2 is 1.72 bits per heavy atom. The number of hydrogen-bond donors (Lipinski definition) is 2. The van der Waals surface area contributed by atoms with Crippen LogP contribution in [-0.2, 0) is 35.1 Å². The summed E-state index contributed by atoms with van der Waals surface area (Å²) in [6.07, 6.45) is 1.43. The van der Waals surface area contributed by atoms with Gasteiger partial charge in [-0.3, -0.25) is 24.1 Å². The Labute approximate surface area is 321 Å². The van der Waals surface area contributed by atoms with Gasteiger partial charge in [0.1, 0.15) is 6.04 Å². The van der Waals surface area contributed by atoms with E-state index in [2.05, 4.69) is 20.7 Å². The van der Waals surface area contributed by atoms with E-state index in [-0.39, 0.29) is 42.0 Å². The number of methoxy groups -OCH3 is 2. The number of amides is 4. The predicted octanol–water partition coefficient (Wildman–Crippen LogP) is 4.69. The second kappa shape index (κ2) is 22.1. The van der Waals surface area contributed by atoms with Crippen molar-refractivity contribution in [2.75, 3.05) is 48.5 Å². The van der Waals surface area contributed by atoms with Crippen LogP contribution in [0.2, 0.25) is 5.02 Å². The van der Waals surface area contributed by atoms with Crippen molar-refractivity contribution in [2.24, 2.45) is 22.9 Å². The number of azide groups is 1. The summed E-state index contributed by atoms with van der Waals surface area (Å²) in [4.78, 5) is 63.2. The first-order valence-electron chi connectivity index (χ1n) is 18.7. The van der Waals surface area contributed by atoms with Crippen LogP contribution >= 0.6 is 11.6 Å². The van der Waals surface area contributed by atoms with Crippen LogP contribution in [0, 0.1) is 17.8 Å². The van der Waals surface area contributed by atoms with E-state index in [1.165, 1.54) is 12.0 Å². The Kier molecular flexibility index (Phi) is 19.1. The maximum absolute atomic E-state index is 14.3. The van der Waals surface area contributed by atoms with Crippen molar-refractivity contribution < 1.29 is 28.7 Å². The molecule has 2 N–H and O–H groups in total. The molecule has 1 aromatic rings. The summed E-state index contributed by atoms with van der Waals surface area (Å²) in [6.45, 7) is 12.1. The van der Waals surface area contributed by atoms with Crippen LogP contribution < -0.4 is 10.6 Å². The lowest BCUT2D eigenvalue weighted by atomic mass is 9.89. The maximum atomic E-state index is 14.3. The van der Waals surface area contributed by atoms with E-state index < -0.39 is 48.2 Å². The zero-order valence-corrected chi connectivity index (χ0v) is 34.3. The quantitative estimate of drug-likeness (QED) is 0.104. The zero-order valence-electron chi connectivity index (χ0n) is 33.5.